The first-order valence-corrected chi connectivity index (χ1v) is 10.0. The van der Waals surface area contributed by atoms with Crippen molar-refractivity contribution in [1.82, 2.24) is 20.4 Å². The van der Waals surface area contributed by atoms with Crippen LogP contribution in [0.4, 0.5) is 4.79 Å². The summed E-state index contributed by atoms with van der Waals surface area (Å²) in [5.74, 6) is -1.99. The van der Waals surface area contributed by atoms with Crippen molar-refractivity contribution < 1.29 is 24.2 Å². The molecule has 0 fully saturated rings. The van der Waals surface area contributed by atoms with E-state index in [9.17, 15) is 19.5 Å². The summed E-state index contributed by atoms with van der Waals surface area (Å²) in [7, 11) is 1.58. The van der Waals surface area contributed by atoms with E-state index in [4.69, 9.17) is 4.74 Å². The van der Waals surface area contributed by atoms with Crippen molar-refractivity contribution in [2.75, 3.05) is 13.2 Å². The molecule has 9 nitrogen and oxygen atoms in total. The highest BCUT2D eigenvalue weighted by atomic mass is 16.5. The third kappa shape index (κ3) is 4.18. The lowest BCUT2D eigenvalue weighted by molar-refractivity contribution is -0.142. The number of amides is 2. The number of fused-ring (bicyclic) bond motifs is 3. The van der Waals surface area contributed by atoms with E-state index in [1.54, 1.807) is 7.05 Å². The van der Waals surface area contributed by atoms with Crippen LogP contribution in [0.25, 0.3) is 11.1 Å². The van der Waals surface area contributed by atoms with Gasteiger partial charge in [0.15, 0.2) is 6.04 Å². The maximum absolute atomic E-state index is 12.2. The van der Waals surface area contributed by atoms with Crippen LogP contribution in [0.5, 0.6) is 0 Å². The number of aromatic nitrogens is 2. The minimum atomic E-state index is -1.28. The lowest BCUT2D eigenvalue weighted by Crippen LogP contribution is -2.41. The molecule has 1 aromatic heterocycles. The van der Waals surface area contributed by atoms with Gasteiger partial charge in [0.1, 0.15) is 13.2 Å². The van der Waals surface area contributed by atoms with Gasteiger partial charge in [-0.05, 0) is 28.3 Å². The Kier molecular flexibility index (Phi) is 5.89. The molecule has 2 amide bonds. The average Bonchev–Trinajstić information content (AvgIpc) is 3.35. The summed E-state index contributed by atoms with van der Waals surface area (Å²) in [6.45, 7) is -0.299. The number of carboxylic acids is 1. The molecule has 0 saturated heterocycles. The van der Waals surface area contributed by atoms with Crippen LogP contribution in [0.15, 0.2) is 60.8 Å². The van der Waals surface area contributed by atoms with Crippen LogP contribution in [0.1, 0.15) is 28.8 Å². The Morgan fingerprint density at radius 3 is 2.25 bits per heavy atom. The highest BCUT2D eigenvalue weighted by Crippen LogP contribution is 2.44. The zero-order valence-corrected chi connectivity index (χ0v) is 17.3. The van der Waals surface area contributed by atoms with Gasteiger partial charge in [-0.1, -0.05) is 48.5 Å². The van der Waals surface area contributed by atoms with Crippen molar-refractivity contribution in [2.45, 2.75) is 12.0 Å². The summed E-state index contributed by atoms with van der Waals surface area (Å²) in [4.78, 5) is 35.9. The van der Waals surface area contributed by atoms with Gasteiger partial charge in [-0.25, -0.2) is 9.59 Å². The molecule has 0 spiro atoms. The Morgan fingerprint density at radius 2 is 1.69 bits per heavy atom. The molecule has 1 aliphatic carbocycles. The number of hydrogen-bond donors (Lipinski definition) is 3. The second kappa shape index (κ2) is 8.93. The molecule has 32 heavy (non-hydrogen) atoms. The summed E-state index contributed by atoms with van der Waals surface area (Å²) in [5.41, 5.74) is 4.71. The Hall–Kier alpha value is -4.14. The molecule has 1 unspecified atom stereocenters. The largest absolute Gasteiger partial charge is 0.479 e. The van der Waals surface area contributed by atoms with E-state index in [0.717, 1.165) is 22.3 Å². The Bertz CT molecular complexity index is 1130. The predicted octanol–water partition coefficient (Wildman–Crippen LogP) is 2.20. The number of aryl methyl sites for hydroxylation is 1. The molecular formula is C23H22N4O5. The van der Waals surface area contributed by atoms with E-state index in [1.807, 2.05) is 48.5 Å². The van der Waals surface area contributed by atoms with Crippen molar-refractivity contribution in [3.63, 3.8) is 0 Å². The minimum absolute atomic E-state index is 0.0943. The van der Waals surface area contributed by atoms with E-state index in [2.05, 4.69) is 15.7 Å². The number of alkyl carbamates (subject to hydrolysis) is 1. The van der Waals surface area contributed by atoms with Gasteiger partial charge in [-0.2, -0.15) is 5.10 Å². The summed E-state index contributed by atoms with van der Waals surface area (Å²) in [6, 6.07) is 16.2. The number of benzene rings is 2. The van der Waals surface area contributed by atoms with Gasteiger partial charge in [-0.3, -0.25) is 9.48 Å². The quantitative estimate of drug-likeness (QED) is 0.524. The third-order valence-electron chi connectivity index (χ3n) is 5.44. The van der Waals surface area contributed by atoms with Crippen LogP contribution in [0, 0.1) is 0 Å². The Balaban J connectivity index is 1.33. The number of nitrogens with zero attached hydrogens (tertiary/aromatic N) is 2. The number of nitrogens with one attached hydrogen (secondary N) is 2. The van der Waals surface area contributed by atoms with Gasteiger partial charge in [-0.15, -0.1) is 0 Å². The Morgan fingerprint density at radius 1 is 1.06 bits per heavy atom. The molecule has 3 aromatic rings. The normalized spacial score (nSPS) is 13.0. The van der Waals surface area contributed by atoms with Gasteiger partial charge in [0.05, 0.1) is 5.69 Å². The van der Waals surface area contributed by atoms with Crippen molar-refractivity contribution in [1.29, 1.82) is 0 Å². The van der Waals surface area contributed by atoms with Crippen LogP contribution in [-0.4, -0.2) is 46.0 Å². The van der Waals surface area contributed by atoms with Crippen LogP contribution in [0.2, 0.25) is 0 Å². The molecule has 0 bridgehead atoms. The van der Waals surface area contributed by atoms with Crippen LogP contribution < -0.4 is 10.6 Å². The Labute approximate surface area is 184 Å². The van der Waals surface area contributed by atoms with E-state index in [1.165, 1.54) is 16.9 Å². The topological polar surface area (TPSA) is 123 Å². The summed E-state index contributed by atoms with van der Waals surface area (Å²) in [6.07, 6.45) is 0.682. The second-order valence-electron chi connectivity index (χ2n) is 7.40. The molecule has 164 valence electrons. The zero-order valence-electron chi connectivity index (χ0n) is 17.3. The van der Waals surface area contributed by atoms with Gasteiger partial charge in [0.25, 0.3) is 0 Å². The fourth-order valence-corrected chi connectivity index (χ4v) is 3.94. The predicted molar refractivity (Wildman–Crippen MR) is 115 cm³/mol. The standard InChI is InChI=1S/C23H22N4O5/c1-27-19(10-11-25-27)21(22(29)30)26-20(28)12-24-23(31)32-13-18-16-8-4-2-6-14(16)15-7-3-5-9-17(15)18/h2-11,18,21H,12-13H2,1H3,(H,24,31)(H,26,28)(H,29,30). The van der Waals surface area contributed by atoms with Gasteiger partial charge < -0.3 is 20.5 Å². The molecule has 0 saturated carbocycles. The number of hydrogen-bond acceptors (Lipinski definition) is 5. The fraction of sp³-hybridized carbons (Fsp3) is 0.217. The summed E-state index contributed by atoms with van der Waals surface area (Å²) in [5, 5.41) is 18.0. The first-order chi connectivity index (χ1) is 15.5. The minimum Gasteiger partial charge on any atom is -0.479 e. The summed E-state index contributed by atoms with van der Waals surface area (Å²) < 4.78 is 6.73. The van der Waals surface area contributed by atoms with Crippen molar-refractivity contribution in [3.8, 4) is 11.1 Å². The van der Waals surface area contributed by atoms with E-state index < -0.39 is 30.6 Å². The number of aliphatic carboxylic acids is 1. The monoisotopic (exact) mass is 434 g/mol. The number of ether oxygens (including phenoxy) is 1. The molecule has 3 N–H and O–H groups in total. The molecule has 4 rings (SSSR count). The van der Waals surface area contributed by atoms with Gasteiger partial charge in [0, 0.05) is 19.2 Å². The highest BCUT2D eigenvalue weighted by Gasteiger charge is 2.29. The second-order valence-corrected chi connectivity index (χ2v) is 7.40. The van der Waals surface area contributed by atoms with Crippen molar-refractivity contribution in [3.05, 3.63) is 77.6 Å². The van der Waals surface area contributed by atoms with Crippen molar-refractivity contribution in [2.24, 2.45) is 7.05 Å². The molecular weight excluding hydrogens is 412 g/mol. The smallest absolute Gasteiger partial charge is 0.407 e. The average molecular weight is 434 g/mol. The molecule has 1 heterocycles. The number of carboxylic acid groups (broad SMARTS) is 1. The van der Waals surface area contributed by atoms with E-state index >= 15 is 0 Å². The number of carbonyl (C=O) groups excluding carboxylic acids is 2. The summed E-state index contributed by atoms with van der Waals surface area (Å²) >= 11 is 0. The van der Waals surface area contributed by atoms with Crippen molar-refractivity contribution >= 4 is 18.0 Å². The first kappa shape index (κ1) is 21.1. The zero-order chi connectivity index (χ0) is 22.7. The highest BCUT2D eigenvalue weighted by molar-refractivity contribution is 5.87. The van der Waals surface area contributed by atoms with Gasteiger partial charge in [0.2, 0.25) is 5.91 Å². The lowest BCUT2D eigenvalue weighted by atomic mass is 9.98. The molecule has 1 aliphatic rings. The maximum atomic E-state index is 12.2. The molecule has 0 aliphatic heterocycles. The third-order valence-corrected chi connectivity index (χ3v) is 5.44. The van der Waals surface area contributed by atoms with E-state index in [-0.39, 0.29) is 12.5 Å². The van der Waals surface area contributed by atoms with Crippen LogP contribution in [0.3, 0.4) is 0 Å². The van der Waals surface area contributed by atoms with Gasteiger partial charge >= 0.3 is 12.1 Å². The fourth-order valence-electron chi connectivity index (χ4n) is 3.94. The molecule has 2 aromatic carbocycles. The number of rotatable bonds is 7. The van der Waals surface area contributed by atoms with Crippen LogP contribution >= 0.6 is 0 Å². The number of carbonyl (C=O) groups is 3. The first-order valence-electron chi connectivity index (χ1n) is 10.0. The molecule has 9 heteroatoms. The van der Waals surface area contributed by atoms with Crippen LogP contribution in [-0.2, 0) is 21.4 Å². The lowest BCUT2D eigenvalue weighted by Gasteiger charge is -2.16. The maximum Gasteiger partial charge on any atom is 0.407 e. The SMILES string of the molecule is Cn1nccc1C(NC(=O)CNC(=O)OCC1c2ccccc2-c2ccccc21)C(=O)O. The molecule has 0 radical (unpaired) electrons. The molecule has 1 atom stereocenters. The van der Waals surface area contributed by atoms with E-state index in [0.29, 0.717) is 5.69 Å².